The van der Waals surface area contributed by atoms with Gasteiger partial charge in [-0.1, -0.05) is 19.1 Å². The number of methoxy groups -OCH3 is 1. The maximum atomic E-state index is 10.9. The van der Waals surface area contributed by atoms with Crippen LogP contribution in [0.4, 0.5) is 0 Å². The summed E-state index contributed by atoms with van der Waals surface area (Å²) in [5.74, 6) is 0.515. The number of hydrogen-bond acceptors (Lipinski definition) is 4. The molecule has 1 N–H and O–H groups in total. The number of benzene rings is 1. The summed E-state index contributed by atoms with van der Waals surface area (Å²) < 4.78 is 10.00. The Morgan fingerprint density at radius 1 is 1.33 bits per heavy atom. The summed E-state index contributed by atoms with van der Waals surface area (Å²) in [6.07, 6.45) is 1.31. The van der Waals surface area contributed by atoms with Crippen molar-refractivity contribution in [3.63, 3.8) is 0 Å². The minimum absolute atomic E-state index is 0.257. The van der Waals surface area contributed by atoms with Gasteiger partial charge in [-0.3, -0.25) is 4.79 Å². The second-order valence-corrected chi connectivity index (χ2v) is 3.99. The van der Waals surface area contributed by atoms with Gasteiger partial charge < -0.3 is 14.8 Å². The number of rotatable bonds is 7. The van der Waals surface area contributed by atoms with Crippen molar-refractivity contribution in [2.45, 2.75) is 25.8 Å². The number of esters is 1. The predicted molar refractivity (Wildman–Crippen MR) is 70.7 cm³/mol. The molecule has 0 aliphatic heterocycles. The molecular formula is C14H21NO3. The molecule has 4 nitrogen and oxygen atoms in total. The zero-order valence-corrected chi connectivity index (χ0v) is 11.2. The van der Waals surface area contributed by atoms with Gasteiger partial charge in [0, 0.05) is 6.04 Å². The first kappa shape index (κ1) is 14.5. The van der Waals surface area contributed by atoms with Gasteiger partial charge in [-0.25, -0.2) is 0 Å². The normalized spacial score (nSPS) is 11.9. The van der Waals surface area contributed by atoms with Crippen LogP contribution in [0.25, 0.3) is 0 Å². The van der Waals surface area contributed by atoms with Gasteiger partial charge in [-0.05, 0) is 31.2 Å². The van der Waals surface area contributed by atoms with Gasteiger partial charge in [0.15, 0.2) is 0 Å². The number of ether oxygens (including phenoxy) is 2. The molecule has 0 saturated carbocycles. The number of nitrogens with one attached hydrogen (secondary N) is 1. The molecule has 0 bridgehead atoms. The van der Waals surface area contributed by atoms with Crippen molar-refractivity contribution in [2.75, 3.05) is 20.8 Å². The molecule has 0 fully saturated rings. The standard InChI is InChI=1S/C14H21NO3/c1-4-13(15-2)11-5-7-12(8-6-11)18-10-9-14(16)17-3/h5-8,13,15H,4,9-10H2,1-3H3. The first-order valence-electron chi connectivity index (χ1n) is 6.18. The van der Waals surface area contributed by atoms with Crippen LogP contribution in [0.1, 0.15) is 31.4 Å². The SMILES string of the molecule is CCC(NC)c1ccc(OCCC(=O)OC)cc1. The summed E-state index contributed by atoms with van der Waals surface area (Å²) >= 11 is 0. The van der Waals surface area contributed by atoms with Gasteiger partial charge in [-0.2, -0.15) is 0 Å². The third-order valence-electron chi connectivity index (χ3n) is 2.84. The van der Waals surface area contributed by atoms with Crippen LogP contribution in [-0.4, -0.2) is 26.7 Å². The molecule has 1 aromatic carbocycles. The molecule has 18 heavy (non-hydrogen) atoms. The average molecular weight is 251 g/mol. The fraction of sp³-hybridized carbons (Fsp3) is 0.500. The van der Waals surface area contributed by atoms with Crippen LogP contribution in [0.3, 0.4) is 0 Å². The van der Waals surface area contributed by atoms with Crippen molar-refractivity contribution in [3.05, 3.63) is 29.8 Å². The Hall–Kier alpha value is -1.55. The lowest BCUT2D eigenvalue weighted by atomic mass is 10.1. The summed E-state index contributed by atoms with van der Waals surface area (Å²) in [7, 11) is 3.33. The summed E-state index contributed by atoms with van der Waals surface area (Å²) in [5.41, 5.74) is 1.24. The summed E-state index contributed by atoms with van der Waals surface area (Å²) in [6.45, 7) is 2.48. The van der Waals surface area contributed by atoms with Crippen LogP contribution >= 0.6 is 0 Å². The van der Waals surface area contributed by atoms with Crippen LogP contribution in [-0.2, 0) is 9.53 Å². The second-order valence-electron chi connectivity index (χ2n) is 3.99. The van der Waals surface area contributed by atoms with E-state index < -0.39 is 0 Å². The van der Waals surface area contributed by atoms with Crippen LogP contribution in [0.2, 0.25) is 0 Å². The van der Waals surface area contributed by atoms with Crippen LogP contribution in [0.15, 0.2) is 24.3 Å². The van der Waals surface area contributed by atoms with E-state index in [1.807, 2.05) is 31.3 Å². The molecule has 0 aliphatic carbocycles. The van der Waals surface area contributed by atoms with E-state index in [1.54, 1.807) is 0 Å². The van der Waals surface area contributed by atoms with Crippen LogP contribution in [0, 0.1) is 0 Å². The van der Waals surface area contributed by atoms with Gasteiger partial charge in [0.2, 0.25) is 0 Å². The molecule has 4 heteroatoms. The third-order valence-corrected chi connectivity index (χ3v) is 2.84. The fourth-order valence-corrected chi connectivity index (χ4v) is 1.76. The Labute approximate surface area is 108 Å². The van der Waals surface area contributed by atoms with Gasteiger partial charge in [-0.15, -0.1) is 0 Å². The van der Waals surface area contributed by atoms with Crippen molar-refractivity contribution in [1.29, 1.82) is 0 Å². The van der Waals surface area contributed by atoms with Crippen molar-refractivity contribution >= 4 is 5.97 Å². The molecule has 0 aromatic heterocycles. The lowest BCUT2D eigenvalue weighted by molar-refractivity contribution is -0.141. The first-order chi connectivity index (χ1) is 8.71. The topological polar surface area (TPSA) is 47.6 Å². The molecule has 1 unspecified atom stereocenters. The molecule has 0 heterocycles. The van der Waals surface area contributed by atoms with Crippen LogP contribution < -0.4 is 10.1 Å². The Bertz CT molecular complexity index is 358. The van der Waals surface area contributed by atoms with E-state index in [2.05, 4.69) is 17.0 Å². The van der Waals surface area contributed by atoms with Gasteiger partial charge in [0.1, 0.15) is 5.75 Å². The van der Waals surface area contributed by atoms with Crippen molar-refractivity contribution < 1.29 is 14.3 Å². The van der Waals surface area contributed by atoms with E-state index >= 15 is 0 Å². The summed E-state index contributed by atoms with van der Waals surface area (Å²) in [4.78, 5) is 10.9. The smallest absolute Gasteiger partial charge is 0.308 e. The van der Waals surface area contributed by atoms with E-state index in [-0.39, 0.29) is 12.4 Å². The highest BCUT2D eigenvalue weighted by atomic mass is 16.5. The molecule has 0 radical (unpaired) electrons. The second kappa shape index (κ2) is 7.71. The van der Waals surface area contributed by atoms with E-state index in [0.717, 1.165) is 12.2 Å². The van der Waals surface area contributed by atoms with Crippen LogP contribution in [0.5, 0.6) is 5.75 Å². The predicted octanol–water partition coefficient (Wildman–Crippen LogP) is 2.30. The highest BCUT2D eigenvalue weighted by Crippen LogP contribution is 2.19. The molecule has 0 aliphatic rings. The van der Waals surface area contributed by atoms with Gasteiger partial charge >= 0.3 is 5.97 Å². The number of carbonyl (C=O) groups is 1. The summed E-state index contributed by atoms with van der Waals surface area (Å²) in [6, 6.07) is 8.30. The van der Waals surface area contributed by atoms with Crippen molar-refractivity contribution in [1.82, 2.24) is 5.32 Å². The monoisotopic (exact) mass is 251 g/mol. The Balaban J connectivity index is 2.47. The zero-order valence-electron chi connectivity index (χ0n) is 11.2. The Kier molecular flexibility index (Phi) is 6.22. The Morgan fingerprint density at radius 3 is 2.50 bits per heavy atom. The fourth-order valence-electron chi connectivity index (χ4n) is 1.76. The lowest BCUT2D eigenvalue weighted by Crippen LogP contribution is -2.15. The zero-order chi connectivity index (χ0) is 13.4. The molecular weight excluding hydrogens is 230 g/mol. The Morgan fingerprint density at radius 2 is 2.00 bits per heavy atom. The highest BCUT2D eigenvalue weighted by Gasteiger charge is 2.06. The van der Waals surface area contributed by atoms with E-state index in [4.69, 9.17) is 4.74 Å². The quantitative estimate of drug-likeness (QED) is 0.755. The molecule has 0 spiro atoms. The van der Waals surface area contributed by atoms with E-state index in [9.17, 15) is 4.79 Å². The maximum absolute atomic E-state index is 10.9. The third kappa shape index (κ3) is 4.37. The molecule has 100 valence electrons. The lowest BCUT2D eigenvalue weighted by Gasteiger charge is -2.14. The molecule has 0 amide bonds. The average Bonchev–Trinajstić information content (AvgIpc) is 2.41. The van der Waals surface area contributed by atoms with E-state index in [0.29, 0.717) is 12.6 Å². The highest BCUT2D eigenvalue weighted by molar-refractivity contribution is 5.69. The van der Waals surface area contributed by atoms with E-state index in [1.165, 1.54) is 12.7 Å². The number of carbonyl (C=O) groups excluding carboxylic acids is 1. The molecule has 0 saturated heterocycles. The van der Waals surface area contributed by atoms with Gasteiger partial charge in [0.25, 0.3) is 0 Å². The maximum Gasteiger partial charge on any atom is 0.308 e. The molecule has 1 atom stereocenters. The summed E-state index contributed by atoms with van der Waals surface area (Å²) in [5, 5.41) is 3.25. The minimum Gasteiger partial charge on any atom is -0.493 e. The minimum atomic E-state index is -0.257. The van der Waals surface area contributed by atoms with Crippen molar-refractivity contribution in [2.24, 2.45) is 0 Å². The largest absolute Gasteiger partial charge is 0.493 e. The first-order valence-corrected chi connectivity index (χ1v) is 6.18. The number of hydrogen-bond donors (Lipinski definition) is 1. The molecule has 1 aromatic rings. The molecule has 1 rings (SSSR count). The van der Waals surface area contributed by atoms with Gasteiger partial charge in [0.05, 0.1) is 20.1 Å². The van der Waals surface area contributed by atoms with Crippen molar-refractivity contribution in [3.8, 4) is 5.75 Å².